The third kappa shape index (κ3) is 4.21. The Hall–Kier alpha value is -1.82. The summed E-state index contributed by atoms with van der Waals surface area (Å²) in [7, 11) is 3.21. The van der Waals surface area contributed by atoms with Crippen molar-refractivity contribution in [2.75, 3.05) is 20.8 Å². The van der Waals surface area contributed by atoms with Crippen molar-refractivity contribution in [2.24, 2.45) is 0 Å². The molecule has 5 nitrogen and oxygen atoms in total. The van der Waals surface area contributed by atoms with Crippen molar-refractivity contribution in [3.63, 3.8) is 0 Å². The molecule has 0 saturated carbocycles. The number of methoxy groups -OCH3 is 2. The maximum Gasteiger partial charge on any atom is 0.223 e. The van der Waals surface area contributed by atoms with Crippen LogP contribution in [0.15, 0.2) is 18.2 Å². The number of ether oxygens (including phenoxy) is 2. The Morgan fingerprint density at radius 2 is 2.06 bits per heavy atom. The fraction of sp³-hybridized carbons (Fsp3) is 0.333. The minimum atomic E-state index is 0.550. The van der Waals surface area contributed by atoms with Crippen molar-refractivity contribution in [1.82, 2.24) is 10.7 Å². The molecular weight excluding hydrogens is 250 g/mol. The van der Waals surface area contributed by atoms with E-state index in [-0.39, 0.29) is 0 Å². The Balaban J connectivity index is 2.67. The SMILES string of the molecule is CCNC(=S)N[NH+]=Cc1ccc(OC)c(OC)c1. The van der Waals surface area contributed by atoms with E-state index in [9.17, 15) is 0 Å². The second kappa shape index (κ2) is 7.50. The van der Waals surface area contributed by atoms with Gasteiger partial charge in [0.2, 0.25) is 5.11 Å². The van der Waals surface area contributed by atoms with Gasteiger partial charge in [0.25, 0.3) is 0 Å². The number of benzene rings is 1. The monoisotopic (exact) mass is 268 g/mol. The van der Waals surface area contributed by atoms with Crippen LogP contribution in [-0.2, 0) is 0 Å². The highest BCUT2D eigenvalue weighted by Gasteiger charge is 2.04. The van der Waals surface area contributed by atoms with Gasteiger partial charge in [-0.1, -0.05) is 0 Å². The second-order valence-corrected chi connectivity index (χ2v) is 3.80. The number of hydrogen-bond donors (Lipinski definition) is 3. The van der Waals surface area contributed by atoms with E-state index in [2.05, 4.69) is 15.8 Å². The Morgan fingerprint density at radius 3 is 2.67 bits per heavy atom. The van der Waals surface area contributed by atoms with Gasteiger partial charge < -0.3 is 14.8 Å². The predicted molar refractivity (Wildman–Crippen MR) is 75.1 cm³/mol. The van der Waals surface area contributed by atoms with Crippen LogP contribution in [0.25, 0.3) is 0 Å². The van der Waals surface area contributed by atoms with Crippen molar-refractivity contribution >= 4 is 23.5 Å². The van der Waals surface area contributed by atoms with Crippen LogP contribution >= 0.6 is 12.2 Å². The van der Waals surface area contributed by atoms with E-state index < -0.39 is 0 Å². The molecule has 1 aromatic rings. The maximum atomic E-state index is 5.21. The number of hydrazone groups is 1. The second-order valence-electron chi connectivity index (χ2n) is 3.39. The van der Waals surface area contributed by atoms with Crippen molar-refractivity contribution in [1.29, 1.82) is 0 Å². The fourth-order valence-electron chi connectivity index (χ4n) is 1.33. The molecule has 0 aliphatic heterocycles. The first-order valence-corrected chi connectivity index (χ1v) is 5.96. The van der Waals surface area contributed by atoms with Crippen LogP contribution in [0.3, 0.4) is 0 Å². The van der Waals surface area contributed by atoms with Crippen LogP contribution in [0.5, 0.6) is 11.5 Å². The highest BCUT2D eigenvalue weighted by molar-refractivity contribution is 7.80. The molecule has 0 spiro atoms. The predicted octanol–water partition coefficient (Wildman–Crippen LogP) is -0.398. The van der Waals surface area contributed by atoms with Crippen LogP contribution in [0, 0.1) is 0 Å². The third-order valence-electron chi connectivity index (χ3n) is 2.17. The zero-order valence-electron chi connectivity index (χ0n) is 10.7. The van der Waals surface area contributed by atoms with Crippen molar-refractivity contribution < 1.29 is 14.6 Å². The quantitative estimate of drug-likeness (QED) is 0.385. The van der Waals surface area contributed by atoms with Gasteiger partial charge in [0.1, 0.15) is 0 Å². The number of hydrogen-bond acceptors (Lipinski definition) is 3. The summed E-state index contributed by atoms with van der Waals surface area (Å²) < 4.78 is 10.4. The fourth-order valence-corrected chi connectivity index (χ4v) is 1.54. The lowest BCUT2D eigenvalue weighted by atomic mass is 10.2. The molecule has 0 aromatic heterocycles. The molecule has 1 aromatic carbocycles. The Bertz CT molecular complexity index is 435. The third-order valence-corrected chi connectivity index (χ3v) is 2.42. The molecule has 98 valence electrons. The first-order valence-electron chi connectivity index (χ1n) is 5.55. The first-order chi connectivity index (χ1) is 8.71. The van der Waals surface area contributed by atoms with Crippen molar-refractivity contribution in [2.45, 2.75) is 6.92 Å². The molecule has 0 heterocycles. The van der Waals surface area contributed by atoms with Gasteiger partial charge in [-0.25, -0.2) is 0 Å². The number of rotatable bonds is 5. The van der Waals surface area contributed by atoms with Crippen LogP contribution < -0.4 is 25.3 Å². The molecule has 0 aliphatic carbocycles. The molecule has 0 atom stereocenters. The van der Waals surface area contributed by atoms with Crippen molar-refractivity contribution in [3.05, 3.63) is 23.8 Å². The largest absolute Gasteiger partial charge is 0.493 e. The summed E-state index contributed by atoms with van der Waals surface area (Å²) >= 11 is 5.01. The summed E-state index contributed by atoms with van der Waals surface area (Å²) in [6.45, 7) is 2.76. The van der Waals surface area contributed by atoms with Gasteiger partial charge in [0, 0.05) is 12.1 Å². The van der Waals surface area contributed by atoms with Gasteiger partial charge in [-0.3, -0.25) is 0 Å². The molecule has 18 heavy (non-hydrogen) atoms. The number of hydrazine groups is 1. The Kier molecular flexibility index (Phi) is 5.93. The summed E-state index contributed by atoms with van der Waals surface area (Å²) in [4.78, 5) is 0. The van der Waals surface area contributed by atoms with Crippen LogP contribution in [0.2, 0.25) is 0 Å². The molecule has 1 rings (SSSR count). The minimum Gasteiger partial charge on any atom is -0.493 e. The number of nitrogens with one attached hydrogen (secondary N) is 3. The highest BCUT2D eigenvalue weighted by atomic mass is 32.1. The van der Waals surface area contributed by atoms with Gasteiger partial charge in [-0.2, -0.15) is 0 Å². The summed E-state index contributed by atoms with van der Waals surface area (Å²) in [5.41, 5.74) is 3.78. The van der Waals surface area contributed by atoms with E-state index in [1.165, 1.54) is 0 Å². The van der Waals surface area contributed by atoms with E-state index in [1.54, 1.807) is 20.4 Å². The summed E-state index contributed by atoms with van der Waals surface area (Å²) in [5.74, 6) is 1.38. The molecular formula is C12H18N3O2S+. The molecule has 3 N–H and O–H groups in total. The van der Waals surface area contributed by atoms with E-state index in [0.717, 1.165) is 12.1 Å². The lowest BCUT2D eigenvalue weighted by Crippen LogP contribution is -2.82. The minimum absolute atomic E-state index is 0.550. The molecule has 6 heteroatoms. The molecule has 0 bridgehead atoms. The highest BCUT2D eigenvalue weighted by Crippen LogP contribution is 2.26. The number of thiocarbonyl (C=S) groups is 1. The van der Waals surface area contributed by atoms with Crippen LogP contribution in [-0.4, -0.2) is 32.1 Å². The van der Waals surface area contributed by atoms with Gasteiger partial charge in [-0.15, -0.1) is 10.5 Å². The zero-order valence-corrected chi connectivity index (χ0v) is 11.6. The molecule has 0 radical (unpaired) electrons. The average molecular weight is 268 g/mol. The van der Waals surface area contributed by atoms with Crippen LogP contribution in [0.1, 0.15) is 12.5 Å². The zero-order chi connectivity index (χ0) is 13.4. The lowest BCUT2D eigenvalue weighted by molar-refractivity contribution is -0.500. The van der Waals surface area contributed by atoms with E-state index in [0.29, 0.717) is 16.6 Å². The van der Waals surface area contributed by atoms with E-state index in [4.69, 9.17) is 21.7 Å². The van der Waals surface area contributed by atoms with Gasteiger partial charge in [0.15, 0.2) is 17.7 Å². The standard InChI is InChI=1S/C12H17N3O2S/c1-4-13-12(18)15-14-8-9-5-6-10(16-2)11(7-9)17-3/h5-8H,4H2,1-3H3,(H2,13,15,18)/p+1. The topological polar surface area (TPSA) is 56.5 Å². The Labute approximate surface area is 112 Å². The van der Waals surface area contributed by atoms with Crippen LogP contribution in [0.4, 0.5) is 0 Å². The molecule has 0 fully saturated rings. The molecule has 0 aliphatic rings. The first kappa shape index (κ1) is 14.2. The normalized spacial score (nSPS) is 10.2. The summed E-state index contributed by atoms with van der Waals surface area (Å²) in [5, 5.41) is 6.42. The van der Waals surface area contributed by atoms with E-state index in [1.807, 2.05) is 25.1 Å². The molecule has 0 saturated heterocycles. The average Bonchev–Trinajstić information content (AvgIpc) is 2.38. The summed E-state index contributed by atoms with van der Waals surface area (Å²) in [6.07, 6.45) is 1.78. The van der Waals surface area contributed by atoms with Gasteiger partial charge in [-0.05, 0) is 37.3 Å². The van der Waals surface area contributed by atoms with E-state index >= 15 is 0 Å². The molecule has 0 unspecified atom stereocenters. The Morgan fingerprint density at radius 1 is 1.33 bits per heavy atom. The smallest absolute Gasteiger partial charge is 0.223 e. The molecule has 0 amide bonds. The lowest BCUT2D eigenvalue weighted by Gasteiger charge is -2.06. The van der Waals surface area contributed by atoms with Crippen molar-refractivity contribution in [3.8, 4) is 11.5 Å². The maximum absolute atomic E-state index is 5.21. The summed E-state index contributed by atoms with van der Waals surface area (Å²) in [6, 6.07) is 5.62. The van der Waals surface area contributed by atoms with Gasteiger partial charge >= 0.3 is 0 Å². The van der Waals surface area contributed by atoms with Gasteiger partial charge in [0.05, 0.1) is 14.2 Å².